The minimum atomic E-state index is -0.199. The molecule has 5 rings (SSSR count). The van der Waals surface area contributed by atoms with Crippen molar-refractivity contribution in [3.05, 3.63) is 86.6 Å². The Morgan fingerprint density at radius 1 is 0.969 bits per heavy atom. The lowest BCUT2D eigenvalue weighted by Gasteiger charge is -2.23. The summed E-state index contributed by atoms with van der Waals surface area (Å²) in [6, 6.07) is 19.4. The third-order valence-electron chi connectivity index (χ3n) is 7.07. The lowest BCUT2D eigenvalue weighted by atomic mass is 9.93. The van der Waals surface area contributed by atoms with E-state index in [2.05, 4.69) is 36.5 Å². The largest absolute Gasteiger partial charge is 0.426 e. The highest BCUT2D eigenvalue weighted by atomic mass is 32.1. The standard InChI is InChI=1S/C28H31NO2S/c1-18-3-6-20(7-4-18)13-27(30)31-25-11-10-21-14-22-8-9-23(15-24(21)16-25)28(22)29-17-26-12-5-19(2)32-26/h3-7,10-12,16,22-23,28-29H,8-9,13-15,17H2,1-2H3/t22-,23+,28+/m0/s1. The van der Waals surface area contributed by atoms with Crippen molar-refractivity contribution in [3.8, 4) is 5.75 Å². The lowest BCUT2D eigenvalue weighted by Crippen LogP contribution is -2.37. The summed E-state index contributed by atoms with van der Waals surface area (Å²) < 4.78 is 5.72. The zero-order chi connectivity index (χ0) is 22.1. The first kappa shape index (κ1) is 21.4. The summed E-state index contributed by atoms with van der Waals surface area (Å²) in [6.45, 7) is 5.19. The van der Waals surface area contributed by atoms with Crippen molar-refractivity contribution in [1.29, 1.82) is 0 Å². The van der Waals surface area contributed by atoms with Gasteiger partial charge in [0, 0.05) is 22.3 Å². The monoisotopic (exact) mass is 445 g/mol. The third kappa shape index (κ3) is 4.82. The maximum atomic E-state index is 12.5. The Morgan fingerprint density at radius 3 is 2.44 bits per heavy atom. The molecule has 1 N–H and O–H groups in total. The molecule has 1 saturated carbocycles. The number of hydrogen-bond acceptors (Lipinski definition) is 4. The van der Waals surface area contributed by atoms with Crippen LogP contribution in [-0.2, 0) is 30.6 Å². The van der Waals surface area contributed by atoms with Gasteiger partial charge in [0.1, 0.15) is 5.75 Å². The van der Waals surface area contributed by atoms with E-state index in [1.165, 1.54) is 39.3 Å². The van der Waals surface area contributed by atoms with Crippen molar-refractivity contribution in [3.63, 3.8) is 0 Å². The molecule has 2 aliphatic rings. The first-order chi connectivity index (χ1) is 15.5. The van der Waals surface area contributed by atoms with Crippen LogP contribution < -0.4 is 10.1 Å². The van der Waals surface area contributed by atoms with Crippen molar-refractivity contribution >= 4 is 17.3 Å². The van der Waals surface area contributed by atoms with Gasteiger partial charge in [-0.15, -0.1) is 11.3 Å². The Hall–Kier alpha value is -2.43. The van der Waals surface area contributed by atoms with Crippen LogP contribution in [0.4, 0.5) is 0 Å². The first-order valence-corrected chi connectivity index (χ1v) is 12.5. The Balaban J connectivity index is 1.24. The summed E-state index contributed by atoms with van der Waals surface area (Å²) in [7, 11) is 0. The number of aryl methyl sites for hydroxylation is 2. The third-order valence-corrected chi connectivity index (χ3v) is 8.08. The molecule has 0 unspecified atom stereocenters. The van der Waals surface area contributed by atoms with Crippen LogP contribution in [0.1, 0.15) is 44.8 Å². The fourth-order valence-electron chi connectivity index (χ4n) is 5.42. The van der Waals surface area contributed by atoms with Crippen molar-refractivity contribution in [2.45, 2.75) is 58.5 Å². The number of hydrogen-bond donors (Lipinski definition) is 1. The number of thiophene rings is 1. The van der Waals surface area contributed by atoms with Crippen molar-refractivity contribution in [1.82, 2.24) is 5.32 Å². The number of fused-ring (bicyclic) bond motifs is 3. The topological polar surface area (TPSA) is 38.3 Å². The highest BCUT2D eigenvalue weighted by molar-refractivity contribution is 7.11. The number of benzene rings is 2. The predicted molar refractivity (Wildman–Crippen MR) is 130 cm³/mol. The van der Waals surface area contributed by atoms with Gasteiger partial charge in [0.15, 0.2) is 0 Å². The second kappa shape index (κ2) is 9.21. The second-order valence-corrected chi connectivity index (χ2v) is 10.9. The first-order valence-electron chi connectivity index (χ1n) is 11.7. The molecule has 166 valence electrons. The van der Waals surface area contributed by atoms with Crippen LogP contribution in [0, 0.1) is 25.7 Å². The molecule has 4 heteroatoms. The second-order valence-electron chi connectivity index (χ2n) is 9.49. The SMILES string of the molecule is Cc1ccc(CC(=O)Oc2ccc3c(c2)C[C@H]2CC[C@@H](C3)[C@H]2NCc2ccc(C)s2)cc1. The van der Waals surface area contributed by atoms with E-state index in [4.69, 9.17) is 4.74 Å². The predicted octanol–water partition coefficient (Wildman–Crippen LogP) is 5.80. The molecule has 2 aromatic carbocycles. The normalized spacial score (nSPS) is 21.8. The Labute approximate surface area is 194 Å². The van der Waals surface area contributed by atoms with E-state index in [0.717, 1.165) is 24.9 Å². The van der Waals surface area contributed by atoms with Crippen molar-refractivity contribution < 1.29 is 9.53 Å². The minimum Gasteiger partial charge on any atom is -0.426 e. The zero-order valence-electron chi connectivity index (χ0n) is 18.9. The number of rotatable bonds is 6. The van der Waals surface area contributed by atoms with Crippen LogP contribution in [-0.4, -0.2) is 12.0 Å². The van der Waals surface area contributed by atoms with Gasteiger partial charge in [-0.3, -0.25) is 4.79 Å². The Kier molecular flexibility index (Phi) is 6.16. The van der Waals surface area contributed by atoms with Gasteiger partial charge < -0.3 is 10.1 Å². The molecule has 0 amide bonds. The fourth-order valence-corrected chi connectivity index (χ4v) is 6.26. The number of esters is 1. The molecule has 3 nitrogen and oxygen atoms in total. The average Bonchev–Trinajstić information content (AvgIpc) is 3.30. The maximum Gasteiger partial charge on any atom is 0.315 e. The molecular formula is C28H31NO2S. The molecule has 1 aromatic heterocycles. The van der Waals surface area contributed by atoms with E-state index in [1.807, 2.05) is 48.6 Å². The smallest absolute Gasteiger partial charge is 0.315 e. The van der Waals surface area contributed by atoms with Gasteiger partial charge in [-0.1, -0.05) is 35.9 Å². The Morgan fingerprint density at radius 2 is 1.72 bits per heavy atom. The lowest BCUT2D eigenvalue weighted by molar-refractivity contribution is -0.133. The summed E-state index contributed by atoms with van der Waals surface area (Å²) >= 11 is 1.89. The van der Waals surface area contributed by atoms with Crippen LogP contribution in [0.3, 0.4) is 0 Å². The fraction of sp³-hybridized carbons (Fsp3) is 0.393. The van der Waals surface area contributed by atoms with Gasteiger partial charge in [0.05, 0.1) is 6.42 Å². The molecule has 1 fully saturated rings. The summed E-state index contributed by atoms with van der Waals surface area (Å²) in [5.41, 5.74) is 4.97. The summed E-state index contributed by atoms with van der Waals surface area (Å²) in [5.74, 6) is 1.82. The number of carbonyl (C=O) groups excluding carboxylic acids is 1. The van der Waals surface area contributed by atoms with Gasteiger partial charge >= 0.3 is 5.97 Å². The molecule has 2 bridgehead atoms. The molecule has 0 radical (unpaired) electrons. The van der Waals surface area contributed by atoms with Gasteiger partial charge in [0.2, 0.25) is 0 Å². The molecule has 3 atom stereocenters. The van der Waals surface area contributed by atoms with Gasteiger partial charge in [-0.2, -0.15) is 0 Å². The van der Waals surface area contributed by atoms with E-state index in [-0.39, 0.29) is 5.97 Å². The molecule has 0 spiro atoms. The maximum absolute atomic E-state index is 12.5. The quantitative estimate of drug-likeness (QED) is 0.385. The van der Waals surface area contributed by atoms with E-state index in [9.17, 15) is 4.79 Å². The van der Waals surface area contributed by atoms with Crippen molar-refractivity contribution in [2.75, 3.05) is 0 Å². The van der Waals surface area contributed by atoms with Crippen LogP contribution in [0.25, 0.3) is 0 Å². The minimum absolute atomic E-state index is 0.199. The van der Waals surface area contributed by atoms with Crippen LogP contribution in [0.15, 0.2) is 54.6 Å². The molecule has 32 heavy (non-hydrogen) atoms. The molecule has 0 saturated heterocycles. The average molecular weight is 446 g/mol. The highest BCUT2D eigenvalue weighted by Crippen LogP contribution is 2.41. The van der Waals surface area contributed by atoms with Crippen molar-refractivity contribution in [2.24, 2.45) is 11.8 Å². The van der Waals surface area contributed by atoms with Gasteiger partial charge in [0.25, 0.3) is 0 Å². The van der Waals surface area contributed by atoms with Gasteiger partial charge in [-0.25, -0.2) is 0 Å². The number of ether oxygens (including phenoxy) is 1. The van der Waals surface area contributed by atoms with Crippen LogP contribution in [0.5, 0.6) is 5.75 Å². The highest BCUT2D eigenvalue weighted by Gasteiger charge is 2.38. The molecule has 0 aliphatic heterocycles. The van der Waals surface area contributed by atoms with Gasteiger partial charge in [-0.05, 0) is 92.3 Å². The molecule has 1 heterocycles. The molecular weight excluding hydrogens is 414 g/mol. The van der Waals surface area contributed by atoms with E-state index < -0.39 is 0 Å². The molecule has 3 aromatic rings. The zero-order valence-corrected chi connectivity index (χ0v) is 19.7. The molecule has 2 aliphatic carbocycles. The summed E-state index contributed by atoms with van der Waals surface area (Å²) in [6.07, 6.45) is 5.07. The van der Waals surface area contributed by atoms with E-state index in [1.54, 1.807) is 0 Å². The number of nitrogens with one attached hydrogen (secondary N) is 1. The van der Waals surface area contributed by atoms with Crippen LogP contribution in [0.2, 0.25) is 0 Å². The summed E-state index contributed by atoms with van der Waals surface area (Å²) in [5, 5.41) is 3.89. The van der Waals surface area contributed by atoms with Crippen LogP contribution >= 0.6 is 11.3 Å². The summed E-state index contributed by atoms with van der Waals surface area (Å²) in [4.78, 5) is 15.3. The van der Waals surface area contributed by atoms with E-state index in [0.29, 0.717) is 30.0 Å². The number of carbonyl (C=O) groups is 1. The Bertz CT molecular complexity index is 1100. The van der Waals surface area contributed by atoms with E-state index >= 15 is 0 Å².